The molecule has 0 bridgehead atoms. The molecule has 4 heteroatoms. The van der Waals surface area contributed by atoms with Crippen LogP contribution in [0.4, 0.5) is 0 Å². The Morgan fingerprint density at radius 3 is 2.58 bits per heavy atom. The minimum Gasteiger partial charge on any atom is -0.377 e. The molecule has 0 aromatic heterocycles. The molecule has 4 nitrogen and oxygen atoms in total. The zero-order valence-corrected chi connectivity index (χ0v) is 12.3. The molecule has 1 aliphatic carbocycles. The predicted molar refractivity (Wildman–Crippen MR) is 77.5 cm³/mol. The summed E-state index contributed by atoms with van der Waals surface area (Å²) in [5, 5.41) is 3.64. The Bertz CT molecular complexity index is 269. The molecule has 1 saturated carbocycles. The van der Waals surface area contributed by atoms with Gasteiger partial charge in [0.2, 0.25) is 0 Å². The molecule has 2 atom stereocenters. The summed E-state index contributed by atoms with van der Waals surface area (Å²) >= 11 is 0. The van der Waals surface area contributed by atoms with Gasteiger partial charge in [-0.3, -0.25) is 9.80 Å². The summed E-state index contributed by atoms with van der Waals surface area (Å²) in [6.45, 7) is 10.6. The highest BCUT2D eigenvalue weighted by atomic mass is 16.5. The Labute approximate surface area is 117 Å². The van der Waals surface area contributed by atoms with Gasteiger partial charge in [-0.1, -0.05) is 0 Å². The molecule has 3 rings (SSSR count). The van der Waals surface area contributed by atoms with Gasteiger partial charge in [-0.15, -0.1) is 0 Å². The number of piperazine rings is 1. The number of nitrogens with zero attached hydrogens (tertiary/aromatic N) is 2. The summed E-state index contributed by atoms with van der Waals surface area (Å²) in [4.78, 5) is 5.28. The molecule has 0 amide bonds. The van der Waals surface area contributed by atoms with Crippen molar-refractivity contribution in [3.8, 4) is 0 Å². The van der Waals surface area contributed by atoms with Crippen molar-refractivity contribution in [1.82, 2.24) is 15.1 Å². The molecule has 2 aliphatic heterocycles. The zero-order valence-electron chi connectivity index (χ0n) is 12.3. The van der Waals surface area contributed by atoms with Gasteiger partial charge in [-0.2, -0.15) is 0 Å². The summed E-state index contributed by atoms with van der Waals surface area (Å²) in [5.74, 6) is 0. The van der Waals surface area contributed by atoms with Crippen LogP contribution in [0.1, 0.15) is 32.6 Å². The van der Waals surface area contributed by atoms with Crippen LogP contribution in [0.3, 0.4) is 0 Å². The van der Waals surface area contributed by atoms with E-state index in [1.807, 2.05) is 0 Å². The van der Waals surface area contributed by atoms with E-state index >= 15 is 0 Å². The molecule has 3 aliphatic rings. The van der Waals surface area contributed by atoms with E-state index in [-0.39, 0.29) is 0 Å². The van der Waals surface area contributed by atoms with Gasteiger partial charge in [-0.25, -0.2) is 0 Å². The molecule has 110 valence electrons. The first-order valence-corrected chi connectivity index (χ1v) is 8.14. The highest BCUT2D eigenvalue weighted by Crippen LogP contribution is 2.27. The third-order valence-corrected chi connectivity index (χ3v) is 4.89. The largest absolute Gasteiger partial charge is 0.377 e. The van der Waals surface area contributed by atoms with Crippen LogP contribution in [0.5, 0.6) is 0 Å². The second-order valence-corrected chi connectivity index (χ2v) is 6.40. The zero-order chi connectivity index (χ0) is 13.1. The van der Waals surface area contributed by atoms with Gasteiger partial charge in [0.05, 0.1) is 6.10 Å². The number of ether oxygens (including phenoxy) is 1. The molecule has 0 aromatic rings. The number of nitrogens with one attached hydrogen (secondary N) is 1. The fourth-order valence-corrected chi connectivity index (χ4v) is 3.37. The van der Waals surface area contributed by atoms with E-state index < -0.39 is 0 Å². The summed E-state index contributed by atoms with van der Waals surface area (Å²) < 4.78 is 5.72. The molecular weight excluding hydrogens is 238 g/mol. The third kappa shape index (κ3) is 3.91. The van der Waals surface area contributed by atoms with Crippen molar-refractivity contribution in [2.45, 2.75) is 50.8 Å². The topological polar surface area (TPSA) is 27.7 Å². The van der Waals surface area contributed by atoms with E-state index in [4.69, 9.17) is 4.74 Å². The quantitative estimate of drug-likeness (QED) is 0.775. The van der Waals surface area contributed by atoms with Crippen LogP contribution in [-0.4, -0.2) is 73.9 Å². The fraction of sp³-hybridized carbons (Fsp3) is 1.00. The second kappa shape index (κ2) is 6.53. The molecule has 2 saturated heterocycles. The summed E-state index contributed by atoms with van der Waals surface area (Å²) in [6, 6.07) is 1.45. The number of hydrogen-bond donors (Lipinski definition) is 1. The highest BCUT2D eigenvalue weighted by Gasteiger charge is 2.31. The average molecular weight is 267 g/mol. The van der Waals surface area contributed by atoms with Gasteiger partial charge in [0.25, 0.3) is 0 Å². The summed E-state index contributed by atoms with van der Waals surface area (Å²) in [7, 11) is 0. The molecule has 0 radical (unpaired) electrons. The maximum atomic E-state index is 5.72. The SMILES string of the molecule is CC(NCCN1CCN(C2CC2)CC1)C1CCCO1. The highest BCUT2D eigenvalue weighted by molar-refractivity contribution is 4.87. The van der Waals surface area contributed by atoms with Crippen molar-refractivity contribution in [3.05, 3.63) is 0 Å². The Kier molecular flexibility index (Phi) is 4.74. The maximum absolute atomic E-state index is 5.72. The lowest BCUT2D eigenvalue weighted by molar-refractivity contribution is 0.0804. The molecule has 0 spiro atoms. The normalized spacial score (nSPS) is 31.7. The van der Waals surface area contributed by atoms with E-state index in [1.165, 1.54) is 58.4 Å². The molecule has 2 unspecified atom stereocenters. The Hall–Kier alpha value is -0.160. The first-order valence-electron chi connectivity index (χ1n) is 8.14. The van der Waals surface area contributed by atoms with Crippen molar-refractivity contribution >= 4 is 0 Å². The minimum absolute atomic E-state index is 0.451. The van der Waals surface area contributed by atoms with Crippen molar-refractivity contribution in [2.75, 3.05) is 45.9 Å². The fourth-order valence-electron chi connectivity index (χ4n) is 3.37. The van der Waals surface area contributed by atoms with Crippen molar-refractivity contribution in [1.29, 1.82) is 0 Å². The Balaban J connectivity index is 1.27. The van der Waals surface area contributed by atoms with Gasteiger partial charge in [0.15, 0.2) is 0 Å². The first-order chi connectivity index (χ1) is 9.33. The van der Waals surface area contributed by atoms with Crippen molar-refractivity contribution in [2.24, 2.45) is 0 Å². The van der Waals surface area contributed by atoms with Crippen LogP contribution in [0.15, 0.2) is 0 Å². The molecular formula is C15H29N3O. The lowest BCUT2D eigenvalue weighted by Crippen LogP contribution is -2.49. The third-order valence-electron chi connectivity index (χ3n) is 4.89. The van der Waals surface area contributed by atoms with Gasteiger partial charge in [0, 0.05) is 58.0 Å². The van der Waals surface area contributed by atoms with E-state index in [9.17, 15) is 0 Å². The summed E-state index contributed by atoms with van der Waals surface area (Å²) in [6.07, 6.45) is 5.81. The van der Waals surface area contributed by atoms with Gasteiger partial charge in [-0.05, 0) is 32.6 Å². The van der Waals surface area contributed by atoms with Crippen molar-refractivity contribution in [3.63, 3.8) is 0 Å². The van der Waals surface area contributed by atoms with Crippen LogP contribution in [0.2, 0.25) is 0 Å². The lowest BCUT2D eigenvalue weighted by Gasteiger charge is -2.35. The van der Waals surface area contributed by atoms with E-state index in [0.717, 1.165) is 19.2 Å². The van der Waals surface area contributed by atoms with E-state index in [2.05, 4.69) is 22.0 Å². The average Bonchev–Trinajstić information content (AvgIpc) is 3.14. The first kappa shape index (κ1) is 13.8. The van der Waals surface area contributed by atoms with Gasteiger partial charge >= 0.3 is 0 Å². The van der Waals surface area contributed by atoms with Crippen LogP contribution < -0.4 is 5.32 Å². The molecule has 0 aromatic carbocycles. The molecule has 2 heterocycles. The Morgan fingerprint density at radius 1 is 1.16 bits per heavy atom. The number of hydrogen-bond acceptors (Lipinski definition) is 4. The standard InChI is InChI=1S/C15H29N3O/c1-13(15-3-2-12-19-15)16-6-7-17-8-10-18(11-9-17)14-4-5-14/h13-16H,2-12H2,1H3. The Morgan fingerprint density at radius 2 is 1.95 bits per heavy atom. The van der Waals surface area contributed by atoms with Gasteiger partial charge < -0.3 is 10.1 Å². The van der Waals surface area contributed by atoms with Crippen LogP contribution >= 0.6 is 0 Å². The number of rotatable bonds is 6. The predicted octanol–water partition coefficient (Wildman–Crippen LogP) is 0.924. The second-order valence-electron chi connectivity index (χ2n) is 6.40. The maximum Gasteiger partial charge on any atom is 0.0726 e. The smallest absolute Gasteiger partial charge is 0.0726 e. The molecule has 3 fully saturated rings. The van der Waals surface area contributed by atoms with E-state index in [0.29, 0.717) is 12.1 Å². The van der Waals surface area contributed by atoms with Crippen LogP contribution in [0, 0.1) is 0 Å². The molecule has 1 N–H and O–H groups in total. The van der Waals surface area contributed by atoms with Crippen molar-refractivity contribution < 1.29 is 4.74 Å². The van der Waals surface area contributed by atoms with E-state index in [1.54, 1.807) is 0 Å². The minimum atomic E-state index is 0.451. The van der Waals surface area contributed by atoms with Crippen LogP contribution in [-0.2, 0) is 4.74 Å². The van der Waals surface area contributed by atoms with Gasteiger partial charge in [0.1, 0.15) is 0 Å². The molecule has 19 heavy (non-hydrogen) atoms. The van der Waals surface area contributed by atoms with Crippen LogP contribution in [0.25, 0.3) is 0 Å². The monoisotopic (exact) mass is 267 g/mol. The lowest BCUT2D eigenvalue weighted by atomic mass is 10.1. The summed E-state index contributed by atoms with van der Waals surface area (Å²) in [5.41, 5.74) is 0.